The zero-order chi connectivity index (χ0) is 11.7. The minimum absolute atomic E-state index is 0.539. The smallest absolute Gasteiger partial charge is 0.137 e. The monoisotopic (exact) mass is 227 g/mol. The topological polar surface area (TPSA) is 56.5 Å². The number of nitrogens with two attached hydrogens (primary N) is 1. The second-order valence-corrected chi connectivity index (χ2v) is 3.99. The van der Waals surface area contributed by atoms with Gasteiger partial charge in [-0.15, -0.1) is 0 Å². The Bertz CT molecular complexity index is 625. The van der Waals surface area contributed by atoms with Crippen LogP contribution >= 0.6 is 0 Å². The molecule has 0 bridgehead atoms. The van der Waals surface area contributed by atoms with Gasteiger partial charge in [0.15, 0.2) is 0 Å². The third kappa shape index (κ3) is 1.94. The van der Waals surface area contributed by atoms with Crippen molar-refractivity contribution in [1.82, 2.24) is 9.38 Å². The van der Waals surface area contributed by atoms with E-state index < -0.39 is 0 Å². The molecular formula is C13H13N3O. The molecule has 4 nitrogen and oxygen atoms in total. The first kappa shape index (κ1) is 10.1. The Balaban J connectivity index is 1.96. The normalized spacial score (nSPS) is 11.1. The van der Waals surface area contributed by atoms with Gasteiger partial charge in [-0.2, -0.15) is 0 Å². The molecular weight excluding hydrogens is 214 g/mol. The number of rotatable bonds is 3. The van der Waals surface area contributed by atoms with Crippen LogP contribution in [0.1, 0.15) is 17.0 Å². The van der Waals surface area contributed by atoms with Gasteiger partial charge in [0.1, 0.15) is 11.4 Å². The van der Waals surface area contributed by atoms with Gasteiger partial charge < -0.3 is 14.6 Å². The Labute approximate surface area is 98.7 Å². The standard InChI is InChI=1S/C13H13N3O/c14-8-10-3-4-16-9-11(15-13(16)6-10)7-12-2-1-5-17-12/h1-6,9H,7-8,14H2. The van der Waals surface area contributed by atoms with Gasteiger partial charge in [0.2, 0.25) is 0 Å². The van der Waals surface area contributed by atoms with E-state index in [1.54, 1.807) is 6.26 Å². The van der Waals surface area contributed by atoms with Crippen LogP contribution in [-0.4, -0.2) is 9.38 Å². The second kappa shape index (κ2) is 4.07. The number of aromatic nitrogens is 2. The van der Waals surface area contributed by atoms with Crippen molar-refractivity contribution in [2.24, 2.45) is 5.73 Å². The van der Waals surface area contributed by atoms with Gasteiger partial charge >= 0.3 is 0 Å². The summed E-state index contributed by atoms with van der Waals surface area (Å²) in [6.07, 6.45) is 6.39. The van der Waals surface area contributed by atoms with E-state index >= 15 is 0 Å². The van der Waals surface area contributed by atoms with Gasteiger partial charge in [-0.05, 0) is 29.8 Å². The van der Waals surface area contributed by atoms with Crippen molar-refractivity contribution < 1.29 is 4.42 Å². The number of hydrogen-bond acceptors (Lipinski definition) is 3. The molecule has 0 amide bonds. The number of fused-ring (bicyclic) bond motifs is 1. The summed E-state index contributed by atoms with van der Waals surface area (Å²) in [5.41, 5.74) is 8.62. The lowest BCUT2D eigenvalue weighted by Crippen LogP contribution is -1.96. The predicted octanol–water partition coefficient (Wildman–Crippen LogP) is 1.98. The van der Waals surface area contributed by atoms with Gasteiger partial charge in [0.25, 0.3) is 0 Å². The van der Waals surface area contributed by atoms with Crippen molar-refractivity contribution in [3.05, 3.63) is 59.9 Å². The number of nitrogens with zero attached hydrogens (tertiary/aromatic N) is 2. The molecule has 3 aromatic rings. The molecule has 3 aromatic heterocycles. The summed E-state index contributed by atoms with van der Waals surface area (Å²) < 4.78 is 7.31. The molecule has 0 aliphatic heterocycles. The van der Waals surface area contributed by atoms with Crippen molar-refractivity contribution >= 4 is 5.65 Å². The highest BCUT2D eigenvalue weighted by molar-refractivity contribution is 5.43. The minimum atomic E-state index is 0.539. The summed E-state index contributed by atoms with van der Waals surface area (Å²) >= 11 is 0. The van der Waals surface area contributed by atoms with Gasteiger partial charge in [-0.1, -0.05) is 0 Å². The van der Waals surface area contributed by atoms with Crippen LogP contribution in [0.25, 0.3) is 5.65 Å². The van der Waals surface area contributed by atoms with E-state index in [0.717, 1.165) is 22.7 Å². The molecule has 3 rings (SSSR count). The molecule has 0 atom stereocenters. The quantitative estimate of drug-likeness (QED) is 0.744. The van der Waals surface area contributed by atoms with Crippen molar-refractivity contribution in [3.8, 4) is 0 Å². The van der Waals surface area contributed by atoms with Gasteiger partial charge in [-0.25, -0.2) is 4.98 Å². The lowest BCUT2D eigenvalue weighted by atomic mass is 10.3. The zero-order valence-corrected chi connectivity index (χ0v) is 9.34. The maximum atomic E-state index is 5.61. The molecule has 0 aliphatic rings. The fourth-order valence-electron chi connectivity index (χ4n) is 1.88. The molecule has 0 spiro atoms. The van der Waals surface area contributed by atoms with Crippen molar-refractivity contribution in [2.75, 3.05) is 0 Å². The van der Waals surface area contributed by atoms with Crippen LogP contribution in [0, 0.1) is 0 Å². The van der Waals surface area contributed by atoms with Crippen LogP contribution in [0.2, 0.25) is 0 Å². The van der Waals surface area contributed by atoms with E-state index in [0.29, 0.717) is 13.0 Å². The molecule has 17 heavy (non-hydrogen) atoms. The highest BCUT2D eigenvalue weighted by Gasteiger charge is 2.04. The van der Waals surface area contributed by atoms with Crippen molar-refractivity contribution in [1.29, 1.82) is 0 Å². The molecule has 0 aliphatic carbocycles. The summed E-state index contributed by atoms with van der Waals surface area (Å²) in [7, 11) is 0. The molecule has 0 saturated carbocycles. The van der Waals surface area contributed by atoms with E-state index in [9.17, 15) is 0 Å². The molecule has 0 aromatic carbocycles. The zero-order valence-electron chi connectivity index (χ0n) is 9.34. The SMILES string of the molecule is NCc1ccn2cc(Cc3ccco3)nc2c1. The first-order valence-corrected chi connectivity index (χ1v) is 5.54. The highest BCUT2D eigenvalue weighted by atomic mass is 16.3. The molecule has 0 saturated heterocycles. The van der Waals surface area contributed by atoms with Crippen LogP contribution in [-0.2, 0) is 13.0 Å². The fourth-order valence-corrected chi connectivity index (χ4v) is 1.88. The molecule has 0 fully saturated rings. The third-order valence-electron chi connectivity index (χ3n) is 2.75. The highest BCUT2D eigenvalue weighted by Crippen LogP contribution is 2.12. The summed E-state index contributed by atoms with van der Waals surface area (Å²) in [5, 5.41) is 0. The summed E-state index contributed by atoms with van der Waals surface area (Å²) in [5.74, 6) is 0.924. The Hall–Kier alpha value is -2.07. The van der Waals surface area contributed by atoms with Crippen LogP contribution < -0.4 is 5.73 Å². The lowest BCUT2D eigenvalue weighted by molar-refractivity contribution is 0.519. The predicted molar refractivity (Wildman–Crippen MR) is 64.6 cm³/mol. The lowest BCUT2D eigenvalue weighted by Gasteiger charge is -1.96. The van der Waals surface area contributed by atoms with E-state index in [2.05, 4.69) is 4.98 Å². The van der Waals surface area contributed by atoms with Gasteiger partial charge in [0, 0.05) is 25.4 Å². The largest absolute Gasteiger partial charge is 0.469 e. The molecule has 3 heterocycles. The Morgan fingerprint density at radius 1 is 1.35 bits per heavy atom. The maximum Gasteiger partial charge on any atom is 0.137 e. The number of pyridine rings is 1. The first-order valence-electron chi connectivity index (χ1n) is 5.54. The molecule has 4 heteroatoms. The Morgan fingerprint density at radius 2 is 2.29 bits per heavy atom. The first-order chi connectivity index (χ1) is 8.35. The summed E-state index contributed by atoms with van der Waals surface area (Å²) in [6, 6.07) is 7.85. The number of furan rings is 1. The molecule has 86 valence electrons. The van der Waals surface area contributed by atoms with E-state index in [4.69, 9.17) is 10.2 Å². The average Bonchev–Trinajstić information content (AvgIpc) is 2.96. The van der Waals surface area contributed by atoms with E-state index in [1.165, 1.54) is 0 Å². The van der Waals surface area contributed by atoms with E-state index in [1.807, 2.05) is 41.1 Å². The summed E-state index contributed by atoms with van der Waals surface area (Å²) in [4.78, 5) is 4.54. The van der Waals surface area contributed by atoms with Crippen LogP contribution in [0.4, 0.5) is 0 Å². The van der Waals surface area contributed by atoms with Crippen molar-refractivity contribution in [3.63, 3.8) is 0 Å². The van der Waals surface area contributed by atoms with Crippen LogP contribution in [0.5, 0.6) is 0 Å². The van der Waals surface area contributed by atoms with Crippen LogP contribution in [0.3, 0.4) is 0 Å². The number of hydrogen-bond donors (Lipinski definition) is 1. The number of imidazole rings is 1. The maximum absolute atomic E-state index is 5.61. The Morgan fingerprint density at radius 3 is 3.06 bits per heavy atom. The van der Waals surface area contributed by atoms with E-state index in [-0.39, 0.29) is 0 Å². The second-order valence-electron chi connectivity index (χ2n) is 3.99. The molecule has 0 radical (unpaired) electrons. The van der Waals surface area contributed by atoms with Gasteiger partial charge in [-0.3, -0.25) is 0 Å². The molecule has 0 unspecified atom stereocenters. The summed E-state index contributed by atoms with van der Waals surface area (Å²) in [6.45, 7) is 0.539. The molecule has 2 N–H and O–H groups in total. The average molecular weight is 227 g/mol. The minimum Gasteiger partial charge on any atom is -0.469 e. The fraction of sp³-hybridized carbons (Fsp3) is 0.154. The Kier molecular flexibility index (Phi) is 2.42. The van der Waals surface area contributed by atoms with Crippen molar-refractivity contribution in [2.45, 2.75) is 13.0 Å². The van der Waals surface area contributed by atoms with Crippen LogP contribution in [0.15, 0.2) is 47.3 Å². The third-order valence-corrected chi connectivity index (χ3v) is 2.75. The van der Waals surface area contributed by atoms with Gasteiger partial charge in [0.05, 0.1) is 12.0 Å².